The molecule has 11 heteroatoms. The van der Waals surface area contributed by atoms with Gasteiger partial charge in [0.05, 0.1) is 20.8 Å². The Balaban J connectivity index is 1.42. The van der Waals surface area contributed by atoms with Crippen LogP contribution in [0.15, 0.2) is 53.6 Å². The van der Waals surface area contributed by atoms with Crippen molar-refractivity contribution < 1.29 is 31.5 Å². The molecule has 0 spiro atoms. The largest absolute Gasteiger partial charge is 0.385 e. The maximum Gasteiger partial charge on any atom is 0.255 e. The number of sulfone groups is 1. The van der Waals surface area contributed by atoms with Crippen LogP contribution < -0.4 is 5.32 Å². The summed E-state index contributed by atoms with van der Waals surface area (Å²) in [4.78, 5) is 16.9. The lowest BCUT2D eigenvalue weighted by Gasteiger charge is -2.43. The predicted octanol–water partition coefficient (Wildman–Crippen LogP) is 5.81. The van der Waals surface area contributed by atoms with E-state index in [2.05, 4.69) is 10.3 Å². The van der Waals surface area contributed by atoms with Gasteiger partial charge >= 0.3 is 0 Å². The van der Waals surface area contributed by atoms with Crippen molar-refractivity contribution in [2.75, 3.05) is 5.32 Å². The van der Waals surface area contributed by atoms with Crippen LogP contribution in [-0.2, 0) is 15.4 Å². The molecule has 2 aliphatic rings. The molecule has 206 valence electrons. The number of aromatic nitrogens is 1. The van der Waals surface area contributed by atoms with Crippen LogP contribution in [-0.4, -0.2) is 29.7 Å². The Morgan fingerprint density at radius 3 is 2.38 bits per heavy atom. The Morgan fingerprint density at radius 1 is 1.08 bits per heavy atom. The molecule has 1 amide bonds. The van der Waals surface area contributed by atoms with Crippen molar-refractivity contribution in [3.05, 3.63) is 88.0 Å². The van der Waals surface area contributed by atoms with E-state index in [9.17, 15) is 31.5 Å². The summed E-state index contributed by atoms with van der Waals surface area (Å²) < 4.78 is 68.1. The molecular weight excluding hydrogens is 553 g/mol. The van der Waals surface area contributed by atoms with E-state index in [0.717, 1.165) is 11.8 Å². The second-order valence-corrected chi connectivity index (χ2v) is 13.1. The Bertz CT molecular complexity index is 1540. The fourth-order valence-corrected chi connectivity index (χ4v) is 8.57. The number of amides is 1. The van der Waals surface area contributed by atoms with Crippen LogP contribution in [0, 0.1) is 42.1 Å². The molecule has 2 saturated carbocycles. The van der Waals surface area contributed by atoms with Gasteiger partial charge in [0.2, 0.25) is 0 Å². The zero-order valence-electron chi connectivity index (χ0n) is 21.1. The maximum absolute atomic E-state index is 13.8. The van der Waals surface area contributed by atoms with Crippen LogP contribution in [0.4, 0.5) is 18.9 Å². The first-order chi connectivity index (χ1) is 18.3. The zero-order valence-corrected chi connectivity index (χ0v) is 22.7. The standard InChI is InChI=1S/C28H26ClF3N2O4S/c1-14-7-18-9-20(12-21(14)28(18,36)17-5-3-15(2)33-13-17)39(37,38)25-8-16(4-6-22(25)29)27(35)34-19-10-23(30)26(32)24(31)11-19/h3-6,8,10-11,13-14,18,20-21,36H,7,9,12H2,1-2H3,(H,34,35)/t14-,18?,20+,21?,28+/m0/s1. The van der Waals surface area contributed by atoms with Gasteiger partial charge in [0.15, 0.2) is 27.3 Å². The Morgan fingerprint density at radius 2 is 1.77 bits per heavy atom. The van der Waals surface area contributed by atoms with Gasteiger partial charge in [0, 0.05) is 40.8 Å². The average Bonchev–Trinajstić information content (AvgIpc) is 3.00. The van der Waals surface area contributed by atoms with E-state index < -0.39 is 44.0 Å². The second kappa shape index (κ2) is 9.91. The van der Waals surface area contributed by atoms with E-state index in [4.69, 9.17) is 11.6 Å². The number of aryl methyl sites for hydroxylation is 1. The van der Waals surface area contributed by atoms with Crippen molar-refractivity contribution in [3.8, 4) is 0 Å². The molecule has 1 heterocycles. The van der Waals surface area contributed by atoms with Gasteiger partial charge in [-0.25, -0.2) is 21.6 Å². The topological polar surface area (TPSA) is 96.4 Å². The van der Waals surface area contributed by atoms with Crippen molar-refractivity contribution in [2.45, 2.75) is 48.9 Å². The number of hydrogen-bond donors (Lipinski definition) is 2. The number of nitrogens with zero attached hydrogens (tertiary/aromatic N) is 1. The van der Waals surface area contributed by atoms with Gasteiger partial charge in [-0.2, -0.15) is 0 Å². The van der Waals surface area contributed by atoms with E-state index in [1.165, 1.54) is 12.1 Å². The molecule has 2 N–H and O–H groups in total. The fraction of sp³-hybridized carbons (Fsp3) is 0.357. The highest BCUT2D eigenvalue weighted by atomic mass is 35.5. The number of carbonyl (C=O) groups excluding carboxylic acids is 1. The minimum atomic E-state index is -4.04. The van der Waals surface area contributed by atoms with E-state index in [0.29, 0.717) is 24.1 Å². The molecular formula is C28H26ClF3N2O4S. The highest BCUT2D eigenvalue weighted by molar-refractivity contribution is 7.92. The molecule has 2 unspecified atom stereocenters. The number of benzene rings is 2. The summed E-state index contributed by atoms with van der Waals surface area (Å²) in [6.45, 7) is 3.86. The van der Waals surface area contributed by atoms with Crippen molar-refractivity contribution in [3.63, 3.8) is 0 Å². The molecule has 0 radical (unpaired) electrons. The lowest BCUT2D eigenvalue weighted by atomic mass is 9.70. The average molecular weight is 579 g/mol. The molecule has 2 bridgehead atoms. The number of fused-ring (bicyclic) bond motifs is 2. The number of carbonyl (C=O) groups is 1. The van der Waals surface area contributed by atoms with Crippen LogP contribution in [0.5, 0.6) is 0 Å². The van der Waals surface area contributed by atoms with Crippen molar-refractivity contribution in [2.24, 2.45) is 17.8 Å². The van der Waals surface area contributed by atoms with Crippen LogP contribution in [0.1, 0.15) is 47.8 Å². The molecule has 3 aromatic rings. The van der Waals surface area contributed by atoms with E-state index in [-0.39, 0.29) is 51.8 Å². The van der Waals surface area contributed by atoms with E-state index >= 15 is 0 Å². The summed E-state index contributed by atoms with van der Waals surface area (Å²) in [5.74, 6) is -6.05. The first-order valence-electron chi connectivity index (χ1n) is 12.5. The van der Waals surface area contributed by atoms with Gasteiger partial charge in [-0.3, -0.25) is 9.78 Å². The van der Waals surface area contributed by atoms with Gasteiger partial charge < -0.3 is 10.4 Å². The van der Waals surface area contributed by atoms with Gasteiger partial charge in [-0.1, -0.05) is 24.6 Å². The minimum absolute atomic E-state index is 0.0746. The monoisotopic (exact) mass is 578 g/mol. The lowest BCUT2D eigenvalue weighted by molar-refractivity contribution is -0.0701. The highest BCUT2D eigenvalue weighted by Gasteiger charge is 2.59. The SMILES string of the molecule is Cc1ccc([C@@]2(O)C3C[C@@H](S(=O)(=O)c4cc(C(=O)Nc5cc(F)c(F)c(F)c5)ccc4Cl)CC2[C@@H](C)C3)cn1. The molecule has 39 heavy (non-hydrogen) atoms. The minimum Gasteiger partial charge on any atom is -0.385 e. The third-order valence-electron chi connectivity index (χ3n) is 8.15. The summed E-state index contributed by atoms with van der Waals surface area (Å²) in [5.41, 5.74) is -0.158. The van der Waals surface area contributed by atoms with Crippen LogP contribution >= 0.6 is 11.6 Å². The maximum atomic E-state index is 13.8. The molecule has 0 aliphatic heterocycles. The van der Waals surface area contributed by atoms with Gasteiger partial charge in [-0.15, -0.1) is 0 Å². The summed E-state index contributed by atoms with van der Waals surface area (Å²) in [6, 6.07) is 8.57. The highest BCUT2D eigenvalue weighted by Crippen LogP contribution is 2.59. The number of halogens is 4. The molecule has 2 aromatic carbocycles. The van der Waals surface area contributed by atoms with Gasteiger partial charge in [-0.05, 0) is 68.2 Å². The number of rotatable bonds is 5. The summed E-state index contributed by atoms with van der Waals surface area (Å²) >= 11 is 6.30. The first-order valence-corrected chi connectivity index (χ1v) is 14.4. The van der Waals surface area contributed by atoms with E-state index in [1.807, 2.05) is 26.0 Å². The Hall–Kier alpha value is -2.95. The van der Waals surface area contributed by atoms with Crippen molar-refractivity contribution in [1.29, 1.82) is 0 Å². The van der Waals surface area contributed by atoms with Crippen LogP contribution in [0.25, 0.3) is 0 Å². The van der Waals surface area contributed by atoms with Crippen molar-refractivity contribution in [1.82, 2.24) is 4.98 Å². The van der Waals surface area contributed by atoms with Gasteiger partial charge in [0.25, 0.3) is 5.91 Å². The predicted molar refractivity (Wildman–Crippen MR) is 140 cm³/mol. The Labute approximate surface area is 229 Å². The smallest absolute Gasteiger partial charge is 0.255 e. The molecule has 2 fully saturated rings. The zero-order chi connectivity index (χ0) is 28.3. The number of anilines is 1. The summed E-state index contributed by atoms with van der Waals surface area (Å²) in [6.07, 6.45) is 2.71. The fourth-order valence-electron chi connectivity index (χ4n) is 6.19. The van der Waals surface area contributed by atoms with E-state index in [1.54, 1.807) is 6.20 Å². The lowest BCUT2D eigenvalue weighted by Crippen LogP contribution is -2.46. The second-order valence-electron chi connectivity index (χ2n) is 10.5. The quantitative estimate of drug-likeness (QED) is 0.373. The van der Waals surface area contributed by atoms with Crippen LogP contribution in [0.2, 0.25) is 5.02 Å². The Kier molecular flexibility index (Phi) is 7.01. The molecule has 1 aromatic heterocycles. The van der Waals surface area contributed by atoms with Crippen LogP contribution in [0.3, 0.4) is 0 Å². The molecule has 0 saturated heterocycles. The summed E-state index contributed by atoms with van der Waals surface area (Å²) in [5, 5.41) is 13.2. The third-order valence-corrected chi connectivity index (χ3v) is 10.8. The van der Waals surface area contributed by atoms with Gasteiger partial charge in [0.1, 0.15) is 0 Å². The molecule has 5 rings (SSSR count). The first kappa shape index (κ1) is 27.6. The normalized spacial score (nSPS) is 26.4. The molecule has 2 aliphatic carbocycles. The molecule has 6 nitrogen and oxygen atoms in total. The number of hydrogen-bond acceptors (Lipinski definition) is 5. The number of pyridine rings is 1. The number of aliphatic hydroxyl groups is 1. The number of nitrogens with one attached hydrogen (secondary N) is 1. The molecule has 5 atom stereocenters. The third kappa shape index (κ3) is 4.72. The van der Waals surface area contributed by atoms with Crippen molar-refractivity contribution >= 4 is 33.0 Å². The summed E-state index contributed by atoms with van der Waals surface area (Å²) in [7, 11) is -4.04.